The van der Waals surface area contributed by atoms with Crippen molar-refractivity contribution in [2.24, 2.45) is 5.92 Å². The molecule has 1 aromatic heterocycles. The Morgan fingerprint density at radius 3 is 2.59 bits per heavy atom. The van der Waals surface area contributed by atoms with Crippen LogP contribution in [-0.4, -0.2) is 40.6 Å². The molecule has 2 atom stereocenters. The average Bonchev–Trinajstić information content (AvgIpc) is 3.31. The molecule has 1 fully saturated rings. The van der Waals surface area contributed by atoms with Crippen molar-refractivity contribution in [3.05, 3.63) is 71.4 Å². The van der Waals surface area contributed by atoms with Gasteiger partial charge in [-0.05, 0) is 43.2 Å². The Hall–Kier alpha value is -2.18. The molecule has 2 heterocycles. The van der Waals surface area contributed by atoms with Gasteiger partial charge in [-0.2, -0.15) is 5.10 Å². The lowest BCUT2D eigenvalue weighted by Gasteiger charge is -2.14. The Balaban J connectivity index is 0.00000240. The van der Waals surface area contributed by atoms with Gasteiger partial charge >= 0.3 is 0 Å². The predicted molar refractivity (Wildman–Crippen MR) is 120 cm³/mol. The fourth-order valence-electron chi connectivity index (χ4n) is 3.70. The summed E-state index contributed by atoms with van der Waals surface area (Å²) in [6.07, 6.45) is 1.84. The number of hydrogen-bond acceptors (Lipinski definition) is 4. The number of nitrogens with one attached hydrogen (secondary N) is 2. The van der Waals surface area contributed by atoms with Crippen LogP contribution in [0.3, 0.4) is 0 Å². The van der Waals surface area contributed by atoms with Crippen molar-refractivity contribution in [1.82, 2.24) is 20.4 Å². The molecule has 0 amide bonds. The first kappa shape index (κ1) is 21.5. The number of nitrogens with zero attached hydrogens (tertiary/aromatic N) is 2. The summed E-state index contributed by atoms with van der Waals surface area (Å²) < 4.78 is 1.95. The molecule has 5 nitrogen and oxygen atoms in total. The first-order valence-corrected chi connectivity index (χ1v) is 9.93. The highest BCUT2D eigenvalue weighted by molar-refractivity contribution is 5.85. The van der Waals surface area contributed by atoms with Gasteiger partial charge in [-0.25, -0.2) is 4.68 Å². The average molecular weight is 413 g/mol. The van der Waals surface area contributed by atoms with Crippen molar-refractivity contribution >= 4 is 12.4 Å². The first-order valence-electron chi connectivity index (χ1n) is 9.93. The van der Waals surface area contributed by atoms with Gasteiger partial charge in [0.1, 0.15) is 0 Å². The summed E-state index contributed by atoms with van der Waals surface area (Å²) in [5, 5.41) is 21.7. The van der Waals surface area contributed by atoms with Crippen LogP contribution in [0, 0.1) is 19.8 Å². The molecule has 2 aromatic carbocycles. The molecule has 0 aliphatic carbocycles. The van der Waals surface area contributed by atoms with Crippen LogP contribution < -0.4 is 10.6 Å². The highest BCUT2D eigenvalue weighted by Crippen LogP contribution is 2.26. The van der Waals surface area contributed by atoms with Gasteiger partial charge in [-0.1, -0.05) is 30.3 Å². The first-order chi connectivity index (χ1) is 13.6. The minimum Gasteiger partial charge on any atom is -0.391 e. The topological polar surface area (TPSA) is 62.1 Å². The van der Waals surface area contributed by atoms with E-state index in [0.717, 1.165) is 42.1 Å². The zero-order valence-corrected chi connectivity index (χ0v) is 17.7. The molecule has 154 valence electrons. The Bertz CT molecular complexity index is 941. The Morgan fingerprint density at radius 2 is 1.90 bits per heavy atom. The second-order valence-corrected chi connectivity index (χ2v) is 7.70. The maximum Gasteiger partial charge on any atom is 0.0972 e. The molecule has 0 radical (unpaired) electrons. The summed E-state index contributed by atoms with van der Waals surface area (Å²) in [5.74, 6) is 0.259. The molecule has 2 unspecified atom stereocenters. The van der Waals surface area contributed by atoms with Gasteiger partial charge in [0.05, 0.1) is 17.5 Å². The molecular weight excluding hydrogens is 384 g/mol. The number of aliphatic hydroxyl groups excluding tert-OH is 1. The van der Waals surface area contributed by atoms with E-state index in [1.807, 2.05) is 22.9 Å². The highest BCUT2D eigenvalue weighted by Gasteiger charge is 2.24. The summed E-state index contributed by atoms with van der Waals surface area (Å²) in [6, 6.07) is 16.7. The molecule has 3 aromatic rings. The third-order valence-corrected chi connectivity index (χ3v) is 5.62. The van der Waals surface area contributed by atoms with E-state index in [0.29, 0.717) is 6.54 Å². The monoisotopic (exact) mass is 412 g/mol. The van der Waals surface area contributed by atoms with Crippen LogP contribution in [0.5, 0.6) is 0 Å². The minimum absolute atomic E-state index is 0. The van der Waals surface area contributed by atoms with Crippen molar-refractivity contribution in [3.8, 4) is 16.9 Å². The smallest absolute Gasteiger partial charge is 0.0972 e. The molecule has 1 aliphatic heterocycles. The van der Waals surface area contributed by atoms with Gasteiger partial charge in [-0.15, -0.1) is 12.4 Å². The van der Waals surface area contributed by atoms with Crippen LogP contribution in [0.25, 0.3) is 16.9 Å². The van der Waals surface area contributed by atoms with Gasteiger partial charge in [0, 0.05) is 49.4 Å². The van der Waals surface area contributed by atoms with Crippen LogP contribution in [0.15, 0.2) is 54.7 Å². The summed E-state index contributed by atoms with van der Waals surface area (Å²) in [4.78, 5) is 0. The lowest BCUT2D eigenvalue weighted by molar-refractivity contribution is 0.146. The maximum atomic E-state index is 10.0. The predicted octanol–water partition coefficient (Wildman–Crippen LogP) is 3.25. The molecule has 1 saturated heterocycles. The summed E-state index contributed by atoms with van der Waals surface area (Å²) in [7, 11) is 0. The number of benzene rings is 2. The summed E-state index contributed by atoms with van der Waals surface area (Å²) in [5.41, 5.74) is 6.91. The molecule has 3 N–H and O–H groups in total. The summed E-state index contributed by atoms with van der Waals surface area (Å²) in [6.45, 7) is 7.33. The lowest BCUT2D eigenvalue weighted by Crippen LogP contribution is -2.30. The second kappa shape index (κ2) is 9.55. The minimum atomic E-state index is -0.265. The molecule has 6 heteroatoms. The molecule has 0 spiro atoms. The van der Waals surface area contributed by atoms with Crippen LogP contribution in [0.1, 0.15) is 16.7 Å². The van der Waals surface area contributed by atoms with Crippen molar-refractivity contribution in [3.63, 3.8) is 0 Å². The van der Waals surface area contributed by atoms with E-state index in [2.05, 4.69) is 61.0 Å². The number of aliphatic hydroxyl groups is 1. The number of halogens is 1. The SMILES string of the molecule is Cc1ccc(-c2nn(-c3ccccc3)cc2CNCC2CNCC2O)cc1C.Cl. The van der Waals surface area contributed by atoms with Gasteiger partial charge in [0.2, 0.25) is 0 Å². The fraction of sp³-hybridized carbons (Fsp3) is 0.348. The molecule has 29 heavy (non-hydrogen) atoms. The number of aryl methyl sites for hydroxylation is 2. The van der Waals surface area contributed by atoms with Gasteiger partial charge in [0.15, 0.2) is 0 Å². The van der Waals surface area contributed by atoms with Gasteiger partial charge < -0.3 is 15.7 Å². The normalized spacial score (nSPS) is 18.6. The molecule has 0 saturated carbocycles. The second-order valence-electron chi connectivity index (χ2n) is 7.70. The largest absolute Gasteiger partial charge is 0.391 e. The number of hydrogen-bond donors (Lipinski definition) is 3. The number of rotatable bonds is 6. The quantitative estimate of drug-likeness (QED) is 0.581. The van der Waals surface area contributed by atoms with Crippen LogP contribution in [0.4, 0.5) is 0 Å². The third kappa shape index (κ3) is 4.87. The fourth-order valence-corrected chi connectivity index (χ4v) is 3.70. The Labute approximate surface area is 178 Å². The van der Waals surface area contributed by atoms with E-state index in [1.165, 1.54) is 11.1 Å². The standard InChI is InChI=1S/C23H28N4O.ClH/c1-16-8-9-18(10-17(16)2)23-20(13-24-11-19-12-25-14-22(19)28)15-27(26-23)21-6-4-3-5-7-21;/h3-10,15,19,22,24-25,28H,11-14H2,1-2H3;1H. The van der Waals surface area contributed by atoms with E-state index in [1.54, 1.807) is 0 Å². The van der Waals surface area contributed by atoms with Crippen molar-refractivity contribution in [1.29, 1.82) is 0 Å². The molecule has 1 aliphatic rings. The molecular formula is C23H29ClN4O. The van der Waals surface area contributed by atoms with E-state index in [-0.39, 0.29) is 24.4 Å². The maximum absolute atomic E-state index is 10.0. The van der Waals surface area contributed by atoms with Crippen LogP contribution >= 0.6 is 12.4 Å². The van der Waals surface area contributed by atoms with Crippen LogP contribution in [-0.2, 0) is 6.54 Å². The van der Waals surface area contributed by atoms with Crippen molar-refractivity contribution in [2.45, 2.75) is 26.5 Å². The number of aromatic nitrogens is 2. The zero-order valence-electron chi connectivity index (χ0n) is 16.9. The van der Waals surface area contributed by atoms with Crippen molar-refractivity contribution in [2.75, 3.05) is 19.6 Å². The summed E-state index contributed by atoms with van der Waals surface area (Å²) >= 11 is 0. The van der Waals surface area contributed by atoms with Crippen LogP contribution in [0.2, 0.25) is 0 Å². The van der Waals surface area contributed by atoms with E-state index < -0.39 is 0 Å². The van der Waals surface area contributed by atoms with E-state index in [4.69, 9.17) is 5.10 Å². The third-order valence-electron chi connectivity index (χ3n) is 5.62. The van der Waals surface area contributed by atoms with Gasteiger partial charge in [-0.3, -0.25) is 0 Å². The lowest BCUT2D eigenvalue weighted by atomic mass is 10.0. The van der Waals surface area contributed by atoms with E-state index >= 15 is 0 Å². The number of β-amino-alcohol motifs (C(OH)–C–C–N with tert-alkyl or cyclic N) is 1. The zero-order chi connectivity index (χ0) is 19.5. The number of para-hydroxylation sites is 1. The van der Waals surface area contributed by atoms with Crippen molar-refractivity contribution < 1.29 is 5.11 Å². The van der Waals surface area contributed by atoms with E-state index in [9.17, 15) is 5.11 Å². The highest BCUT2D eigenvalue weighted by atomic mass is 35.5. The molecule has 4 rings (SSSR count). The van der Waals surface area contributed by atoms with Gasteiger partial charge in [0.25, 0.3) is 0 Å². The Morgan fingerprint density at radius 1 is 1.10 bits per heavy atom. The Kier molecular flexibility index (Phi) is 7.09. The molecule has 0 bridgehead atoms.